The molecule has 0 radical (unpaired) electrons. The zero-order valence-electron chi connectivity index (χ0n) is 17.2. The van der Waals surface area contributed by atoms with Gasteiger partial charge in [0.05, 0.1) is 13.2 Å². The number of piperazine rings is 1. The summed E-state index contributed by atoms with van der Waals surface area (Å²) in [6.07, 6.45) is 1.70. The molecule has 1 aromatic carbocycles. The minimum Gasteiger partial charge on any atom is -0.356 e. The Bertz CT molecular complexity index is 844. The predicted molar refractivity (Wildman–Crippen MR) is 117 cm³/mol. The lowest BCUT2D eigenvalue weighted by atomic mass is 10.0. The third-order valence-corrected chi connectivity index (χ3v) is 6.43. The summed E-state index contributed by atoms with van der Waals surface area (Å²) >= 11 is 6.38. The molecule has 0 amide bonds. The first-order valence-electron chi connectivity index (χ1n) is 10.8. The number of halogens is 1. The van der Waals surface area contributed by atoms with Gasteiger partial charge in [-0.05, 0) is 5.56 Å². The molecule has 0 aliphatic carbocycles. The van der Waals surface area contributed by atoms with Gasteiger partial charge in [0.25, 0.3) is 0 Å². The lowest BCUT2D eigenvalue weighted by Gasteiger charge is -2.38. The number of benzene rings is 1. The fraction of sp³-hybridized carbons (Fsp3) is 0.545. The Labute approximate surface area is 182 Å². The van der Waals surface area contributed by atoms with Crippen LogP contribution in [0, 0.1) is 0 Å². The van der Waals surface area contributed by atoms with Crippen LogP contribution in [0.1, 0.15) is 18.4 Å². The maximum absolute atomic E-state index is 6.38. The quantitative estimate of drug-likeness (QED) is 0.692. The molecule has 5 rings (SSSR count). The molecule has 0 N–H and O–H groups in total. The number of hydrogen-bond acceptors (Lipinski definition) is 7. The van der Waals surface area contributed by atoms with E-state index in [0.717, 1.165) is 70.4 Å². The summed E-state index contributed by atoms with van der Waals surface area (Å²) in [6, 6.07) is 12.5. The van der Waals surface area contributed by atoms with Gasteiger partial charge in [0.2, 0.25) is 5.95 Å². The van der Waals surface area contributed by atoms with E-state index in [1.54, 1.807) is 0 Å². The number of rotatable bonds is 4. The molecule has 0 bridgehead atoms. The van der Waals surface area contributed by atoms with Gasteiger partial charge in [0.1, 0.15) is 11.0 Å². The van der Waals surface area contributed by atoms with Gasteiger partial charge < -0.3 is 19.3 Å². The molecule has 30 heavy (non-hydrogen) atoms. The van der Waals surface area contributed by atoms with Crippen molar-refractivity contribution in [3.63, 3.8) is 0 Å². The first kappa shape index (κ1) is 20.0. The van der Waals surface area contributed by atoms with E-state index in [2.05, 4.69) is 50.0 Å². The predicted octanol–water partition coefficient (Wildman–Crippen LogP) is 2.80. The van der Waals surface area contributed by atoms with Gasteiger partial charge in [-0.3, -0.25) is 4.90 Å². The van der Waals surface area contributed by atoms with E-state index < -0.39 is 0 Å². The standard InChI is InChI=1S/C22H28ClN5O2/c23-19-16-20(27-8-6-22(7-9-27)29-14-15-30-22)25-21(24-19)28-12-10-26(11-13-28)17-18-4-2-1-3-5-18/h1-5,16H,6-15,17H2. The molecule has 1 spiro atoms. The molecule has 1 aromatic heterocycles. The Morgan fingerprint density at radius 3 is 2.27 bits per heavy atom. The van der Waals surface area contributed by atoms with Crippen molar-refractivity contribution < 1.29 is 9.47 Å². The summed E-state index contributed by atoms with van der Waals surface area (Å²) < 4.78 is 11.7. The van der Waals surface area contributed by atoms with Crippen molar-refractivity contribution >= 4 is 23.4 Å². The molecule has 3 aliphatic heterocycles. The van der Waals surface area contributed by atoms with Crippen molar-refractivity contribution in [2.75, 3.05) is 62.3 Å². The largest absolute Gasteiger partial charge is 0.356 e. The van der Waals surface area contributed by atoms with Crippen molar-refractivity contribution in [2.45, 2.75) is 25.2 Å². The third kappa shape index (κ3) is 4.39. The van der Waals surface area contributed by atoms with Crippen molar-refractivity contribution in [3.05, 3.63) is 47.1 Å². The van der Waals surface area contributed by atoms with Gasteiger partial charge >= 0.3 is 0 Å². The monoisotopic (exact) mass is 429 g/mol. The zero-order chi connectivity index (χ0) is 20.4. The molecule has 7 nitrogen and oxygen atoms in total. The Morgan fingerprint density at radius 1 is 0.867 bits per heavy atom. The highest BCUT2D eigenvalue weighted by molar-refractivity contribution is 6.29. The number of ether oxygens (including phenoxy) is 2. The van der Waals surface area contributed by atoms with Crippen LogP contribution < -0.4 is 9.80 Å². The molecule has 2 aromatic rings. The molecule has 0 atom stereocenters. The first-order valence-corrected chi connectivity index (χ1v) is 11.2. The van der Waals surface area contributed by atoms with Gasteiger partial charge in [0, 0.05) is 64.7 Å². The SMILES string of the molecule is Clc1cc(N2CCC3(CC2)OCCO3)nc(N2CCN(Cc3ccccc3)CC2)n1. The average Bonchev–Trinajstić information content (AvgIpc) is 3.23. The van der Waals surface area contributed by atoms with E-state index >= 15 is 0 Å². The van der Waals surface area contributed by atoms with Crippen LogP contribution in [0.4, 0.5) is 11.8 Å². The molecule has 160 valence electrons. The van der Waals surface area contributed by atoms with E-state index in [-0.39, 0.29) is 5.79 Å². The highest BCUT2D eigenvalue weighted by atomic mass is 35.5. The number of anilines is 2. The van der Waals surface area contributed by atoms with Gasteiger partial charge in [-0.15, -0.1) is 0 Å². The summed E-state index contributed by atoms with van der Waals surface area (Å²) in [5.41, 5.74) is 1.35. The van der Waals surface area contributed by atoms with E-state index in [1.807, 2.05) is 6.07 Å². The van der Waals surface area contributed by atoms with E-state index in [4.69, 9.17) is 26.1 Å². The van der Waals surface area contributed by atoms with Crippen molar-refractivity contribution in [1.29, 1.82) is 0 Å². The highest BCUT2D eigenvalue weighted by Gasteiger charge is 2.40. The Balaban J connectivity index is 1.21. The fourth-order valence-electron chi connectivity index (χ4n) is 4.51. The third-order valence-electron chi connectivity index (χ3n) is 6.24. The van der Waals surface area contributed by atoms with E-state index in [1.165, 1.54) is 5.56 Å². The maximum atomic E-state index is 6.38. The summed E-state index contributed by atoms with van der Waals surface area (Å²) in [5, 5.41) is 0.496. The second-order valence-corrected chi connectivity index (χ2v) is 8.58. The van der Waals surface area contributed by atoms with Gasteiger partial charge in [-0.25, -0.2) is 4.98 Å². The summed E-state index contributed by atoms with van der Waals surface area (Å²) in [5.74, 6) is 1.24. The van der Waals surface area contributed by atoms with Crippen molar-refractivity contribution in [2.24, 2.45) is 0 Å². The van der Waals surface area contributed by atoms with E-state index in [9.17, 15) is 0 Å². The summed E-state index contributed by atoms with van der Waals surface area (Å²) in [4.78, 5) is 16.4. The highest BCUT2D eigenvalue weighted by Crippen LogP contribution is 2.33. The summed E-state index contributed by atoms with van der Waals surface area (Å²) in [6.45, 7) is 7.83. The topological polar surface area (TPSA) is 54.0 Å². The van der Waals surface area contributed by atoms with Crippen LogP contribution in [0.15, 0.2) is 36.4 Å². The van der Waals surface area contributed by atoms with Crippen LogP contribution in [0.5, 0.6) is 0 Å². The zero-order valence-corrected chi connectivity index (χ0v) is 17.9. The van der Waals surface area contributed by atoms with Crippen LogP contribution >= 0.6 is 11.6 Å². The van der Waals surface area contributed by atoms with Gasteiger partial charge in [-0.2, -0.15) is 4.98 Å². The Kier molecular flexibility index (Phi) is 5.78. The van der Waals surface area contributed by atoms with Crippen molar-refractivity contribution in [1.82, 2.24) is 14.9 Å². The minimum atomic E-state index is -0.384. The van der Waals surface area contributed by atoms with Crippen LogP contribution in [0.2, 0.25) is 5.15 Å². The lowest BCUT2D eigenvalue weighted by molar-refractivity contribution is -0.169. The molecule has 3 aliphatic rings. The maximum Gasteiger partial charge on any atom is 0.228 e. The Hall–Kier alpha value is -1.93. The smallest absolute Gasteiger partial charge is 0.228 e. The fourth-order valence-corrected chi connectivity index (χ4v) is 4.68. The molecule has 0 unspecified atom stereocenters. The van der Waals surface area contributed by atoms with Gasteiger partial charge in [0.15, 0.2) is 5.79 Å². The van der Waals surface area contributed by atoms with Crippen LogP contribution in [-0.2, 0) is 16.0 Å². The molecular formula is C22H28ClN5O2. The normalized spacial score (nSPS) is 22.0. The first-order chi connectivity index (χ1) is 14.7. The van der Waals surface area contributed by atoms with Gasteiger partial charge in [-0.1, -0.05) is 41.9 Å². The Morgan fingerprint density at radius 2 is 1.57 bits per heavy atom. The average molecular weight is 430 g/mol. The second-order valence-electron chi connectivity index (χ2n) is 8.19. The molecule has 3 fully saturated rings. The number of piperidine rings is 1. The van der Waals surface area contributed by atoms with E-state index in [0.29, 0.717) is 18.4 Å². The second kappa shape index (κ2) is 8.67. The number of nitrogens with zero attached hydrogens (tertiary/aromatic N) is 5. The minimum absolute atomic E-state index is 0.384. The molecule has 0 saturated carbocycles. The van der Waals surface area contributed by atoms with Crippen LogP contribution in [-0.4, -0.2) is 73.1 Å². The molecule has 8 heteroatoms. The van der Waals surface area contributed by atoms with Crippen LogP contribution in [0.25, 0.3) is 0 Å². The van der Waals surface area contributed by atoms with Crippen molar-refractivity contribution in [3.8, 4) is 0 Å². The van der Waals surface area contributed by atoms with Crippen LogP contribution in [0.3, 0.4) is 0 Å². The molecule has 4 heterocycles. The molecule has 3 saturated heterocycles. The lowest BCUT2D eigenvalue weighted by Crippen LogP contribution is -2.47. The number of aromatic nitrogens is 2. The number of hydrogen-bond donors (Lipinski definition) is 0. The molecular weight excluding hydrogens is 402 g/mol. The summed E-state index contributed by atoms with van der Waals surface area (Å²) in [7, 11) is 0.